The highest BCUT2D eigenvalue weighted by Crippen LogP contribution is 2.28. The number of hydrogen-bond acceptors (Lipinski definition) is 3. The highest BCUT2D eigenvalue weighted by Gasteiger charge is 2.26. The fourth-order valence-corrected chi connectivity index (χ4v) is 3.76. The zero-order valence-corrected chi connectivity index (χ0v) is 16.5. The number of halogens is 1. The fraction of sp³-hybridized carbons (Fsp3) is 0.304. The summed E-state index contributed by atoms with van der Waals surface area (Å²) in [5, 5.41) is 7.58. The number of fused-ring (bicyclic) bond motifs is 1. The van der Waals surface area contributed by atoms with Gasteiger partial charge in [-0.2, -0.15) is 5.10 Å². The van der Waals surface area contributed by atoms with E-state index in [1.807, 2.05) is 31.2 Å². The molecule has 0 saturated heterocycles. The second-order valence-electron chi connectivity index (χ2n) is 7.10. The van der Waals surface area contributed by atoms with Crippen molar-refractivity contribution in [3.63, 3.8) is 0 Å². The lowest BCUT2D eigenvalue weighted by Gasteiger charge is -2.10. The van der Waals surface area contributed by atoms with Crippen LogP contribution < -0.4 is 5.32 Å². The molecule has 2 aromatic carbocycles. The van der Waals surface area contributed by atoms with Gasteiger partial charge in [-0.15, -0.1) is 0 Å². The molecule has 1 heterocycles. The monoisotopic (exact) mass is 393 g/mol. The van der Waals surface area contributed by atoms with Crippen LogP contribution in [0.3, 0.4) is 0 Å². The van der Waals surface area contributed by atoms with E-state index in [1.165, 1.54) is 12.1 Å². The standard InChI is InChI=1S/C23H24FN3O2/c1-2-29-15-17-7-4-3-6-16(17)14-25-23(28)22-20-8-5-9-21(20)27(26-22)19-12-10-18(24)11-13-19/h3-4,6-7,10-13H,2,5,8-9,14-15H2,1H3,(H,25,28). The molecule has 0 spiro atoms. The summed E-state index contributed by atoms with van der Waals surface area (Å²) >= 11 is 0. The molecule has 1 aliphatic rings. The van der Waals surface area contributed by atoms with Gasteiger partial charge in [-0.1, -0.05) is 24.3 Å². The number of amides is 1. The summed E-state index contributed by atoms with van der Waals surface area (Å²) in [6.07, 6.45) is 2.69. The summed E-state index contributed by atoms with van der Waals surface area (Å²) in [7, 11) is 0. The Morgan fingerprint density at radius 1 is 1.14 bits per heavy atom. The van der Waals surface area contributed by atoms with Crippen LogP contribution in [-0.4, -0.2) is 22.3 Å². The van der Waals surface area contributed by atoms with Crippen LogP contribution in [0.4, 0.5) is 4.39 Å². The predicted octanol–water partition coefficient (Wildman–Crippen LogP) is 3.97. The summed E-state index contributed by atoms with van der Waals surface area (Å²) in [6, 6.07) is 14.1. The van der Waals surface area contributed by atoms with E-state index in [-0.39, 0.29) is 11.7 Å². The van der Waals surface area contributed by atoms with Crippen LogP contribution in [0.5, 0.6) is 0 Å². The zero-order valence-electron chi connectivity index (χ0n) is 16.5. The average Bonchev–Trinajstić information content (AvgIpc) is 3.35. The van der Waals surface area contributed by atoms with Crippen LogP contribution >= 0.6 is 0 Å². The number of nitrogens with one attached hydrogen (secondary N) is 1. The smallest absolute Gasteiger partial charge is 0.272 e. The van der Waals surface area contributed by atoms with E-state index in [2.05, 4.69) is 10.4 Å². The molecule has 0 fully saturated rings. The summed E-state index contributed by atoms with van der Waals surface area (Å²) in [5.74, 6) is -0.475. The number of carbonyl (C=O) groups excluding carboxylic acids is 1. The maximum atomic E-state index is 13.3. The Hall–Kier alpha value is -2.99. The van der Waals surface area contributed by atoms with Gasteiger partial charge in [-0.25, -0.2) is 9.07 Å². The second kappa shape index (κ2) is 8.57. The Bertz CT molecular complexity index is 1010. The number of benzene rings is 2. The van der Waals surface area contributed by atoms with Gasteiger partial charge in [0.05, 0.1) is 12.3 Å². The third kappa shape index (κ3) is 4.07. The van der Waals surface area contributed by atoms with Gasteiger partial charge in [-0.05, 0) is 61.6 Å². The van der Waals surface area contributed by atoms with E-state index in [0.29, 0.717) is 25.5 Å². The molecule has 0 atom stereocenters. The summed E-state index contributed by atoms with van der Waals surface area (Å²) in [5.41, 5.74) is 5.36. The molecule has 0 bridgehead atoms. The minimum absolute atomic E-state index is 0.185. The van der Waals surface area contributed by atoms with Crippen molar-refractivity contribution in [3.8, 4) is 5.69 Å². The summed E-state index contributed by atoms with van der Waals surface area (Å²) in [6.45, 7) is 3.55. The molecule has 5 nitrogen and oxygen atoms in total. The quantitative estimate of drug-likeness (QED) is 0.661. The molecule has 1 aromatic heterocycles. The maximum Gasteiger partial charge on any atom is 0.272 e. The Morgan fingerprint density at radius 2 is 1.90 bits per heavy atom. The molecule has 0 aliphatic heterocycles. The molecule has 6 heteroatoms. The summed E-state index contributed by atoms with van der Waals surface area (Å²) in [4.78, 5) is 12.9. The minimum Gasteiger partial charge on any atom is -0.377 e. The molecular formula is C23H24FN3O2. The van der Waals surface area contributed by atoms with Crippen molar-refractivity contribution in [1.29, 1.82) is 0 Å². The van der Waals surface area contributed by atoms with Gasteiger partial charge < -0.3 is 10.1 Å². The van der Waals surface area contributed by atoms with Crippen LogP contribution in [0.1, 0.15) is 46.2 Å². The number of nitrogens with zero attached hydrogens (tertiary/aromatic N) is 2. The molecule has 0 radical (unpaired) electrons. The number of ether oxygens (including phenoxy) is 1. The van der Waals surface area contributed by atoms with Crippen molar-refractivity contribution in [2.75, 3.05) is 6.61 Å². The van der Waals surface area contributed by atoms with E-state index < -0.39 is 0 Å². The van der Waals surface area contributed by atoms with Crippen LogP contribution in [0, 0.1) is 5.82 Å². The SMILES string of the molecule is CCOCc1ccccc1CNC(=O)c1nn(-c2ccc(F)cc2)c2c1CCC2. The molecule has 0 saturated carbocycles. The Labute approximate surface area is 169 Å². The first-order valence-corrected chi connectivity index (χ1v) is 9.96. The first kappa shape index (κ1) is 19.3. The van der Waals surface area contributed by atoms with Crippen LogP contribution in [0.15, 0.2) is 48.5 Å². The lowest BCUT2D eigenvalue weighted by Crippen LogP contribution is -2.25. The van der Waals surface area contributed by atoms with Crippen molar-refractivity contribution in [1.82, 2.24) is 15.1 Å². The van der Waals surface area contributed by atoms with E-state index in [4.69, 9.17) is 4.74 Å². The van der Waals surface area contributed by atoms with Crippen molar-refractivity contribution in [2.45, 2.75) is 39.3 Å². The number of rotatable bonds is 7. The van der Waals surface area contributed by atoms with Crippen molar-refractivity contribution in [2.24, 2.45) is 0 Å². The van der Waals surface area contributed by atoms with Crippen LogP contribution in [0.2, 0.25) is 0 Å². The normalized spacial score (nSPS) is 12.8. The van der Waals surface area contributed by atoms with Crippen molar-refractivity contribution < 1.29 is 13.9 Å². The molecule has 1 amide bonds. The number of hydrogen-bond donors (Lipinski definition) is 1. The molecule has 0 unspecified atom stereocenters. The predicted molar refractivity (Wildman–Crippen MR) is 108 cm³/mol. The van der Waals surface area contributed by atoms with E-state index in [0.717, 1.165) is 47.3 Å². The van der Waals surface area contributed by atoms with Gasteiger partial charge in [0.25, 0.3) is 5.91 Å². The van der Waals surface area contributed by atoms with E-state index in [9.17, 15) is 9.18 Å². The highest BCUT2D eigenvalue weighted by molar-refractivity contribution is 5.94. The third-order valence-electron chi connectivity index (χ3n) is 5.24. The van der Waals surface area contributed by atoms with Gasteiger partial charge in [0.2, 0.25) is 0 Å². The molecule has 3 aromatic rings. The highest BCUT2D eigenvalue weighted by atomic mass is 19.1. The fourth-order valence-electron chi connectivity index (χ4n) is 3.76. The molecule has 1 aliphatic carbocycles. The maximum absolute atomic E-state index is 13.3. The van der Waals surface area contributed by atoms with E-state index >= 15 is 0 Å². The Balaban J connectivity index is 1.54. The molecule has 4 rings (SSSR count). The van der Waals surface area contributed by atoms with Crippen molar-refractivity contribution in [3.05, 3.63) is 82.4 Å². The largest absolute Gasteiger partial charge is 0.377 e. The second-order valence-corrected chi connectivity index (χ2v) is 7.10. The topological polar surface area (TPSA) is 56.1 Å². The zero-order chi connectivity index (χ0) is 20.2. The van der Waals surface area contributed by atoms with Gasteiger partial charge in [-0.3, -0.25) is 4.79 Å². The van der Waals surface area contributed by atoms with Gasteiger partial charge >= 0.3 is 0 Å². The first-order chi connectivity index (χ1) is 14.2. The molecular weight excluding hydrogens is 369 g/mol. The molecule has 150 valence electrons. The lowest BCUT2D eigenvalue weighted by atomic mass is 10.1. The molecule has 1 N–H and O–H groups in total. The average molecular weight is 393 g/mol. The minimum atomic E-state index is -0.291. The summed E-state index contributed by atoms with van der Waals surface area (Å²) < 4.78 is 20.6. The van der Waals surface area contributed by atoms with Gasteiger partial charge in [0, 0.05) is 24.4 Å². The van der Waals surface area contributed by atoms with Gasteiger partial charge in [0.15, 0.2) is 5.69 Å². The number of carbonyl (C=O) groups is 1. The Morgan fingerprint density at radius 3 is 2.66 bits per heavy atom. The lowest BCUT2D eigenvalue weighted by molar-refractivity contribution is 0.0943. The third-order valence-corrected chi connectivity index (χ3v) is 5.24. The first-order valence-electron chi connectivity index (χ1n) is 9.96. The van der Waals surface area contributed by atoms with Crippen molar-refractivity contribution >= 4 is 5.91 Å². The van der Waals surface area contributed by atoms with E-state index in [1.54, 1.807) is 16.8 Å². The van der Waals surface area contributed by atoms with Crippen LogP contribution in [0.25, 0.3) is 5.69 Å². The molecule has 29 heavy (non-hydrogen) atoms. The van der Waals surface area contributed by atoms with Crippen LogP contribution in [-0.2, 0) is 30.7 Å². The van der Waals surface area contributed by atoms with Gasteiger partial charge in [0.1, 0.15) is 5.82 Å². The number of aromatic nitrogens is 2. The Kier molecular flexibility index (Phi) is 5.71.